The number of hydrogen-bond donors (Lipinski definition) is 2. The van der Waals surface area contributed by atoms with Crippen molar-refractivity contribution in [1.82, 2.24) is 9.97 Å². The first-order valence-corrected chi connectivity index (χ1v) is 4.16. The Bertz CT molecular complexity index is 466. The molecule has 2 aromatic rings. The minimum absolute atomic E-state index is 0.769. The summed E-state index contributed by atoms with van der Waals surface area (Å²) >= 11 is 0. The van der Waals surface area contributed by atoms with E-state index in [-0.39, 0.29) is 0 Å². The quantitative estimate of drug-likeness (QED) is 0.631. The van der Waals surface area contributed by atoms with Gasteiger partial charge in [-0.2, -0.15) is 0 Å². The molecule has 3 rings (SSSR count). The van der Waals surface area contributed by atoms with Crippen LogP contribution in [0.2, 0.25) is 0 Å². The average molecular weight is 172 g/mol. The second-order valence-electron chi connectivity index (χ2n) is 2.94. The van der Waals surface area contributed by atoms with Gasteiger partial charge in [-0.1, -0.05) is 0 Å². The molecule has 0 spiro atoms. The summed E-state index contributed by atoms with van der Waals surface area (Å²) in [6.07, 6.45) is 3.42. The maximum atomic E-state index is 4.29. The molecular formula is C9H8N4. The van der Waals surface area contributed by atoms with E-state index >= 15 is 0 Å². The van der Waals surface area contributed by atoms with Crippen molar-refractivity contribution in [2.45, 2.75) is 0 Å². The molecule has 0 saturated heterocycles. The third-order valence-electron chi connectivity index (χ3n) is 2.18. The van der Waals surface area contributed by atoms with Gasteiger partial charge < -0.3 is 10.6 Å². The van der Waals surface area contributed by atoms with Crippen molar-refractivity contribution in [3.63, 3.8) is 0 Å². The molecule has 0 saturated carbocycles. The predicted molar refractivity (Wildman–Crippen MR) is 51.7 cm³/mol. The van der Waals surface area contributed by atoms with Crippen molar-refractivity contribution < 1.29 is 0 Å². The zero-order valence-corrected chi connectivity index (χ0v) is 6.91. The summed E-state index contributed by atoms with van der Waals surface area (Å²) in [4.78, 5) is 8.52. The van der Waals surface area contributed by atoms with E-state index in [1.165, 1.54) is 0 Å². The van der Waals surface area contributed by atoms with E-state index in [1.807, 2.05) is 12.1 Å². The topological polar surface area (TPSA) is 49.8 Å². The Balaban J connectivity index is 2.43. The lowest BCUT2D eigenvalue weighted by molar-refractivity contribution is 1.28. The Kier molecular flexibility index (Phi) is 1.19. The molecule has 2 N–H and O–H groups in total. The third-order valence-corrected chi connectivity index (χ3v) is 2.18. The van der Waals surface area contributed by atoms with Crippen molar-refractivity contribution in [1.29, 1.82) is 0 Å². The molecule has 1 aromatic carbocycles. The highest BCUT2D eigenvalue weighted by atomic mass is 15.1. The molecule has 13 heavy (non-hydrogen) atoms. The molecule has 2 heterocycles. The fourth-order valence-corrected chi connectivity index (χ4v) is 1.59. The van der Waals surface area contributed by atoms with Crippen molar-refractivity contribution in [2.24, 2.45) is 0 Å². The number of benzene rings is 1. The lowest BCUT2D eigenvalue weighted by Gasteiger charge is -2.01. The summed E-state index contributed by atoms with van der Waals surface area (Å²) in [5.41, 5.74) is 4.03. The zero-order chi connectivity index (χ0) is 8.67. The molecule has 0 bridgehead atoms. The summed E-state index contributed by atoms with van der Waals surface area (Å²) < 4.78 is 0. The minimum atomic E-state index is 0.769. The van der Waals surface area contributed by atoms with E-state index in [0.717, 1.165) is 29.1 Å². The first kappa shape index (κ1) is 6.65. The molecule has 64 valence electrons. The maximum absolute atomic E-state index is 4.29. The van der Waals surface area contributed by atoms with Crippen LogP contribution in [-0.4, -0.2) is 16.6 Å². The van der Waals surface area contributed by atoms with Crippen LogP contribution in [0.3, 0.4) is 0 Å². The van der Waals surface area contributed by atoms with Crippen LogP contribution in [-0.2, 0) is 0 Å². The Labute approximate surface area is 75.0 Å². The van der Waals surface area contributed by atoms with Gasteiger partial charge in [0.1, 0.15) is 5.52 Å². The van der Waals surface area contributed by atoms with Crippen LogP contribution in [0.15, 0.2) is 24.5 Å². The zero-order valence-electron chi connectivity index (χ0n) is 6.91. The van der Waals surface area contributed by atoms with E-state index in [2.05, 4.69) is 20.6 Å². The number of rotatable bonds is 0. The van der Waals surface area contributed by atoms with Crippen LogP contribution in [0.4, 0.5) is 11.4 Å². The third kappa shape index (κ3) is 0.853. The average Bonchev–Trinajstić information content (AvgIpc) is 2.65. The van der Waals surface area contributed by atoms with Crippen molar-refractivity contribution in [3.8, 4) is 0 Å². The summed E-state index contributed by atoms with van der Waals surface area (Å²) in [6, 6.07) is 3.99. The second kappa shape index (κ2) is 2.32. The SMILES string of the molecule is c1cnc2c3c(ccc2n1)NCN3. The molecule has 1 aliphatic heterocycles. The Morgan fingerprint density at radius 3 is 3.00 bits per heavy atom. The van der Waals surface area contributed by atoms with Crippen LogP contribution < -0.4 is 10.6 Å². The highest BCUT2D eigenvalue weighted by Gasteiger charge is 2.12. The van der Waals surface area contributed by atoms with Gasteiger partial charge in [0, 0.05) is 12.4 Å². The Morgan fingerprint density at radius 1 is 1.08 bits per heavy atom. The summed E-state index contributed by atoms with van der Waals surface area (Å²) in [5.74, 6) is 0. The fraction of sp³-hybridized carbons (Fsp3) is 0.111. The van der Waals surface area contributed by atoms with Gasteiger partial charge in [0.25, 0.3) is 0 Å². The standard InChI is InChI=1S/C9H8N4/c1-2-7-9(13-5-12-7)8-6(1)10-3-4-11-8/h1-4,12-13H,5H2. The number of anilines is 2. The van der Waals surface area contributed by atoms with Crippen LogP contribution in [0.25, 0.3) is 11.0 Å². The molecule has 1 aromatic heterocycles. The molecule has 4 heteroatoms. The van der Waals surface area contributed by atoms with Gasteiger partial charge in [-0.25, -0.2) is 0 Å². The summed E-state index contributed by atoms with van der Waals surface area (Å²) in [6.45, 7) is 0.769. The lowest BCUT2D eigenvalue weighted by atomic mass is 10.2. The predicted octanol–water partition coefficient (Wildman–Crippen LogP) is 1.42. The first-order valence-electron chi connectivity index (χ1n) is 4.16. The molecule has 4 nitrogen and oxygen atoms in total. The van der Waals surface area contributed by atoms with Gasteiger partial charge in [0.2, 0.25) is 0 Å². The number of nitrogens with zero attached hydrogens (tertiary/aromatic N) is 2. The number of fused-ring (bicyclic) bond motifs is 3. The molecule has 0 aliphatic carbocycles. The van der Waals surface area contributed by atoms with Crippen molar-refractivity contribution >= 4 is 22.4 Å². The molecule has 0 fully saturated rings. The van der Waals surface area contributed by atoms with Crippen LogP contribution in [0.5, 0.6) is 0 Å². The molecule has 0 amide bonds. The van der Waals surface area contributed by atoms with E-state index in [4.69, 9.17) is 0 Å². The Morgan fingerprint density at radius 2 is 2.00 bits per heavy atom. The van der Waals surface area contributed by atoms with Crippen LogP contribution >= 0.6 is 0 Å². The molecule has 0 atom stereocenters. The molecular weight excluding hydrogens is 164 g/mol. The normalized spacial score (nSPS) is 13.5. The molecule has 1 aliphatic rings. The minimum Gasteiger partial charge on any atom is -0.366 e. The van der Waals surface area contributed by atoms with Gasteiger partial charge in [-0.3, -0.25) is 9.97 Å². The highest BCUT2D eigenvalue weighted by Crippen LogP contribution is 2.31. The molecule has 0 unspecified atom stereocenters. The smallest absolute Gasteiger partial charge is 0.114 e. The molecule has 0 radical (unpaired) electrons. The maximum Gasteiger partial charge on any atom is 0.114 e. The van der Waals surface area contributed by atoms with Gasteiger partial charge in [-0.15, -0.1) is 0 Å². The second-order valence-corrected chi connectivity index (χ2v) is 2.94. The van der Waals surface area contributed by atoms with Crippen molar-refractivity contribution in [2.75, 3.05) is 17.3 Å². The Hall–Kier alpha value is -1.84. The fourth-order valence-electron chi connectivity index (χ4n) is 1.59. The monoisotopic (exact) mass is 172 g/mol. The summed E-state index contributed by atoms with van der Waals surface area (Å²) in [5, 5.41) is 6.44. The van der Waals surface area contributed by atoms with Crippen LogP contribution in [0.1, 0.15) is 0 Å². The van der Waals surface area contributed by atoms with E-state index in [9.17, 15) is 0 Å². The van der Waals surface area contributed by atoms with Crippen LogP contribution in [0, 0.1) is 0 Å². The van der Waals surface area contributed by atoms with Crippen molar-refractivity contribution in [3.05, 3.63) is 24.5 Å². The van der Waals surface area contributed by atoms with E-state index in [1.54, 1.807) is 12.4 Å². The highest BCUT2D eigenvalue weighted by molar-refractivity contribution is 5.96. The van der Waals surface area contributed by atoms with Gasteiger partial charge in [-0.05, 0) is 12.1 Å². The number of hydrogen-bond acceptors (Lipinski definition) is 4. The van der Waals surface area contributed by atoms with Gasteiger partial charge in [0.15, 0.2) is 0 Å². The van der Waals surface area contributed by atoms with Gasteiger partial charge >= 0.3 is 0 Å². The lowest BCUT2D eigenvalue weighted by Crippen LogP contribution is -1.99. The number of aromatic nitrogens is 2. The van der Waals surface area contributed by atoms with E-state index in [0.29, 0.717) is 0 Å². The number of nitrogens with one attached hydrogen (secondary N) is 2. The first-order chi connectivity index (χ1) is 6.45. The summed E-state index contributed by atoms with van der Waals surface area (Å²) in [7, 11) is 0. The van der Waals surface area contributed by atoms with Gasteiger partial charge in [0.05, 0.1) is 23.6 Å². The van der Waals surface area contributed by atoms with E-state index < -0.39 is 0 Å². The largest absolute Gasteiger partial charge is 0.366 e.